The number of carbonyl (C=O) groups is 3. The monoisotopic (exact) mass is 834 g/mol. The number of hydrogen-bond acceptors (Lipinski definition) is 9. The van der Waals surface area contributed by atoms with Crippen molar-refractivity contribution in [2.75, 3.05) is 19.8 Å². The molecule has 4 N–H and O–H groups in total. The number of unbranched alkanes of at least 4 members (excludes halogenated alkanes) is 11. The number of ether oxygens (including phenoxy) is 2. The molecule has 0 aliphatic rings. The number of rotatable bonds is 39. The fourth-order valence-corrected chi connectivity index (χ4v) is 6.06. The van der Waals surface area contributed by atoms with E-state index in [1.165, 1.54) is 64.2 Å². The van der Waals surface area contributed by atoms with Crippen molar-refractivity contribution in [2.45, 2.75) is 167 Å². The lowest BCUT2D eigenvalue weighted by Gasteiger charge is -2.20. The van der Waals surface area contributed by atoms with Gasteiger partial charge < -0.3 is 25.2 Å². The minimum atomic E-state index is -4.75. The lowest BCUT2D eigenvalue weighted by atomic mass is 10.1. The summed E-state index contributed by atoms with van der Waals surface area (Å²) in [5.74, 6) is -2.56. The molecule has 58 heavy (non-hydrogen) atoms. The van der Waals surface area contributed by atoms with Gasteiger partial charge in [0.05, 0.1) is 13.2 Å². The fraction of sp³-hybridized carbons (Fsp3) is 0.630. The molecule has 0 bridgehead atoms. The van der Waals surface area contributed by atoms with Gasteiger partial charge in [-0.2, -0.15) is 0 Å². The van der Waals surface area contributed by atoms with E-state index < -0.39 is 57.7 Å². The molecule has 11 nitrogen and oxygen atoms in total. The van der Waals surface area contributed by atoms with Crippen molar-refractivity contribution >= 4 is 25.7 Å². The molecule has 0 saturated heterocycles. The Hall–Kier alpha value is -3.34. The summed E-state index contributed by atoms with van der Waals surface area (Å²) in [4.78, 5) is 45.9. The first kappa shape index (κ1) is 54.7. The van der Waals surface area contributed by atoms with Gasteiger partial charge in [0.25, 0.3) is 0 Å². The highest BCUT2D eigenvalue weighted by Crippen LogP contribution is 2.43. The fourth-order valence-electron chi connectivity index (χ4n) is 5.28. The minimum Gasteiger partial charge on any atom is -0.480 e. The van der Waals surface area contributed by atoms with Gasteiger partial charge in [-0.1, -0.05) is 163 Å². The molecule has 0 heterocycles. The number of carboxylic acid groups (broad SMARTS) is 1. The summed E-state index contributed by atoms with van der Waals surface area (Å²) in [6.07, 6.45) is 49.6. The number of allylic oxidation sites excluding steroid dienone is 14. The molecular weight excluding hydrogens is 757 g/mol. The smallest absolute Gasteiger partial charge is 0.472 e. The number of hydrogen-bond donors (Lipinski definition) is 3. The third-order valence-corrected chi connectivity index (χ3v) is 9.60. The topological polar surface area (TPSA) is 172 Å². The highest BCUT2D eigenvalue weighted by atomic mass is 31.2. The molecule has 0 rings (SSSR count). The summed E-state index contributed by atoms with van der Waals surface area (Å²) in [5.41, 5.74) is 5.32. The van der Waals surface area contributed by atoms with Crippen LogP contribution in [0.3, 0.4) is 0 Å². The number of aliphatic carboxylic acids is 1. The second kappa shape index (κ2) is 40.4. The van der Waals surface area contributed by atoms with Crippen LogP contribution < -0.4 is 5.73 Å². The van der Waals surface area contributed by atoms with Crippen molar-refractivity contribution in [3.8, 4) is 0 Å². The van der Waals surface area contributed by atoms with Gasteiger partial charge in [0.2, 0.25) is 0 Å². The normalized spacial score (nSPS) is 14.6. The van der Waals surface area contributed by atoms with Gasteiger partial charge in [-0.3, -0.25) is 23.4 Å². The van der Waals surface area contributed by atoms with Gasteiger partial charge in [-0.15, -0.1) is 0 Å². The Morgan fingerprint density at radius 1 is 0.552 bits per heavy atom. The Balaban J connectivity index is 4.55. The second-order valence-electron chi connectivity index (χ2n) is 14.1. The molecule has 0 aromatic carbocycles. The zero-order chi connectivity index (χ0) is 42.8. The van der Waals surface area contributed by atoms with Crippen molar-refractivity contribution in [3.63, 3.8) is 0 Å². The molecule has 330 valence electrons. The third kappa shape index (κ3) is 39.5. The second-order valence-corrected chi connectivity index (χ2v) is 15.5. The first-order valence-electron chi connectivity index (χ1n) is 21.6. The standard InChI is InChI=1S/C46H76NO10P/c1-3-5-7-9-11-13-15-17-19-20-21-22-24-26-28-30-32-34-36-38-45(49)57-42(40-55-58(52,53)56-41-43(47)46(50)51)39-54-44(48)37-35-33-31-29-27-25-23-18-16-14-12-10-8-6-4-2/h5,7,11,13,17,19,21-22,26,28,31-34,42-43H,3-4,6,8-10,12,14-16,18,20,23-25,27,29-30,35-41,47H2,1-2H3,(H,50,51)(H,52,53)/b7-5-,13-11-,19-17-,22-21-,28-26-,33-31-,34-32-. The highest BCUT2D eigenvalue weighted by Gasteiger charge is 2.28. The third-order valence-electron chi connectivity index (χ3n) is 8.65. The van der Waals surface area contributed by atoms with Crippen LogP contribution in [0, 0.1) is 0 Å². The van der Waals surface area contributed by atoms with Crippen LogP contribution >= 0.6 is 7.82 Å². The zero-order valence-corrected chi connectivity index (χ0v) is 36.5. The Morgan fingerprint density at radius 2 is 0.966 bits per heavy atom. The number of carboxylic acids is 1. The Labute approximate surface area is 350 Å². The van der Waals surface area contributed by atoms with Gasteiger partial charge in [0.15, 0.2) is 6.10 Å². The number of nitrogens with two attached hydrogens (primary N) is 1. The Bertz CT molecular complexity index is 1300. The maximum absolute atomic E-state index is 12.6. The molecule has 0 radical (unpaired) electrons. The maximum atomic E-state index is 12.6. The summed E-state index contributed by atoms with van der Waals surface area (Å²) < 4.78 is 32.5. The van der Waals surface area contributed by atoms with Crippen LogP contribution in [-0.4, -0.2) is 59.9 Å². The Morgan fingerprint density at radius 3 is 1.47 bits per heavy atom. The molecule has 3 unspecified atom stereocenters. The summed E-state index contributed by atoms with van der Waals surface area (Å²) in [6.45, 7) is 2.56. The quantitative estimate of drug-likeness (QED) is 0.0233. The van der Waals surface area contributed by atoms with Crippen LogP contribution in [0.2, 0.25) is 0 Å². The molecule has 0 aliphatic heterocycles. The van der Waals surface area contributed by atoms with E-state index in [9.17, 15) is 23.8 Å². The van der Waals surface area contributed by atoms with Crippen LogP contribution in [0.5, 0.6) is 0 Å². The van der Waals surface area contributed by atoms with Crippen molar-refractivity contribution in [1.29, 1.82) is 0 Å². The van der Waals surface area contributed by atoms with Crippen LogP contribution in [0.25, 0.3) is 0 Å². The van der Waals surface area contributed by atoms with Gasteiger partial charge >= 0.3 is 25.7 Å². The SMILES string of the molecule is CC/C=C\C/C=C\C/C=C\C/C=C\C/C=C\C/C=C\CCC(=O)OC(COC(=O)CC/C=C\CCCCCCCCCCCCC)COP(=O)(O)OCC(N)C(=O)O. The van der Waals surface area contributed by atoms with E-state index in [4.69, 9.17) is 24.8 Å². The predicted octanol–water partition coefficient (Wildman–Crippen LogP) is 11.5. The average Bonchev–Trinajstić information content (AvgIpc) is 3.20. The molecule has 0 spiro atoms. The summed E-state index contributed by atoms with van der Waals surface area (Å²) in [5, 5.41) is 8.88. The summed E-state index contributed by atoms with van der Waals surface area (Å²) >= 11 is 0. The molecule has 3 atom stereocenters. The molecule has 12 heteroatoms. The van der Waals surface area contributed by atoms with E-state index in [0.717, 1.165) is 44.9 Å². The van der Waals surface area contributed by atoms with Gasteiger partial charge in [0.1, 0.15) is 12.6 Å². The minimum absolute atomic E-state index is 0.0251. The summed E-state index contributed by atoms with van der Waals surface area (Å²) in [6, 6.07) is -1.54. The van der Waals surface area contributed by atoms with E-state index in [0.29, 0.717) is 19.3 Å². The molecule has 0 aromatic heterocycles. The van der Waals surface area contributed by atoms with Crippen molar-refractivity contribution < 1.29 is 47.5 Å². The predicted molar refractivity (Wildman–Crippen MR) is 235 cm³/mol. The van der Waals surface area contributed by atoms with Crippen LogP contribution in [-0.2, 0) is 37.5 Å². The van der Waals surface area contributed by atoms with Gasteiger partial charge in [-0.05, 0) is 64.2 Å². The molecule has 0 aliphatic carbocycles. The van der Waals surface area contributed by atoms with Crippen molar-refractivity contribution in [1.82, 2.24) is 0 Å². The molecule has 0 amide bonds. The van der Waals surface area contributed by atoms with Crippen molar-refractivity contribution in [3.05, 3.63) is 85.1 Å². The Kier molecular flexibility index (Phi) is 38.1. The average molecular weight is 834 g/mol. The first-order chi connectivity index (χ1) is 28.1. The van der Waals surface area contributed by atoms with Crippen LogP contribution in [0.4, 0.5) is 0 Å². The number of esters is 2. The van der Waals surface area contributed by atoms with E-state index >= 15 is 0 Å². The molecular formula is C46H76NO10P. The number of phosphoric ester groups is 1. The molecule has 0 fully saturated rings. The van der Waals surface area contributed by atoms with E-state index in [1.54, 1.807) is 0 Å². The number of phosphoric acid groups is 1. The van der Waals surface area contributed by atoms with E-state index in [1.807, 2.05) is 24.3 Å². The maximum Gasteiger partial charge on any atom is 0.472 e. The highest BCUT2D eigenvalue weighted by molar-refractivity contribution is 7.47. The van der Waals surface area contributed by atoms with E-state index in [-0.39, 0.29) is 12.8 Å². The van der Waals surface area contributed by atoms with E-state index in [2.05, 4.69) is 79.1 Å². The van der Waals surface area contributed by atoms with Crippen molar-refractivity contribution in [2.24, 2.45) is 5.73 Å². The largest absolute Gasteiger partial charge is 0.480 e. The van der Waals surface area contributed by atoms with Crippen LogP contribution in [0.15, 0.2) is 85.1 Å². The lowest BCUT2D eigenvalue weighted by molar-refractivity contribution is -0.161. The van der Waals surface area contributed by atoms with Gasteiger partial charge in [0, 0.05) is 12.8 Å². The molecule has 0 aromatic rings. The lowest BCUT2D eigenvalue weighted by Crippen LogP contribution is -2.34. The van der Waals surface area contributed by atoms with Gasteiger partial charge in [-0.25, -0.2) is 4.57 Å². The first-order valence-corrected chi connectivity index (χ1v) is 23.1. The number of carbonyl (C=O) groups excluding carboxylic acids is 2. The molecule has 0 saturated carbocycles. The van der Waals surface area contributed by atoms with Crippen LogP contribution in [0.1, 0.15) is 155 Å². The summed E-state index contributed by atoms with van der Waals surface area (Å²) in [7, 11) is -4.75. The zero-order valence-electron chi connectivity index (χ0n) is 35.6.